The minimum absolute atomic E-state index is 0.878. The van der Waals surface area contributed by atoms with Gasteiger partial charge in [0, 0.05) is 0 Å². The van der Waals surface area contributed by atoms with E-state index in [9.17, 15) is 0 Å². The van der Waals surface area contributed by atoms with Gasteiger partial charge in [-0.25, -0.2) is 0 Å². The molecule has 1 aromatic rings. The molecule has 0 nitrogen and oxygen atoms in total. The minimum Gasteiger partial charge on any atom is -0.0985 e. The Labute approximate surface area is 125 Å². The lowest BCUT2D eigenvalue weighted by Crippen LogP contribution is -1.96. The second-order valence-electron chi connectivity index (χ2n) is 4.51. The normalized spacial score (nSPS) is 11.4. The SMILES string of the molecule is C=C/C(C(=C)Cc1ccccc1C)=C(C)\C=C/C.CC. The summed E-state index contributed by atoms with van der Waals surface area (Å²) in [5, 5.41) is 0. The van der Waals surface area contributed by atoms with Gasteiger partial charge in [-0.05, 0) is 55.0 Å². The molecule has 0 aliphatic rings. The predicted octanol–water partition coefficient (Wildman–Crippen LogP) is 6.20. The van der Waals surface area contributed by atoms with Crippen LogP contribution in [0.2, 0.25) is 0 Å². The molecule has 0 fully saturated rings. The van der Waals surface area contributed by atoms with Gasteiger partial charge in [0.05, 0.1) is 0 Å². The molecule has 0 heterocycles. The molecule has 0 heteroatoms. The number of hydrogen-bond acceptors (Lipinski definition) is 0. The Hall–Kier alpha value is -1.82. The van der Waals surface area contributed by atoms with Gasteiger partial charge in [-0.15, -0.1) is 0 Å². The van der Waals surface area contributed by atoms with Crippen LogP contribution in [0.25, 0.3) is 0 Å². The Morgan fingerprint density at radius 2 is 1.80 bits per heavy atom. The van der Waals surface area contributed by atoms with Crippen LogP contribution in [-0.2, 0) is 6.42 Å². The molecule has 0 spiro atoms. The molecule has 0 N–H and O–H groups in total. The van der Waals surface area contributed by atoms with Crippen LogP contribution >= 0.6 is 0 Å². The van der Waals surface area contributed by atoms with Crippen molar-refractivity contribution in [2.45, 2.75) is 41.0 Å². The van der Waals surface area contributed by atoms with Gasteiger partial charge in [0.15, 0.2) is 0 Å². The molecule has 0 amide bonds. The first-order valence-electron chi connectivity index (χ1n) is 7.28. The van der Waals surface area contributed by atoms with E-state index in [1.807, 2.05) is 32.9 Å². The van der Waals surface area contributed by atoms with Crippen LogP contribution < -0.4 is 0 Å². The number of benzene rings is 1. The van der Waals surface area contributed by atoms with E-state index in [1.165, 1.54) is 16.7 Å². The van der Waals surface area contributed by atoms with E-state index >= 15 is 0 Å². The van der Waals surface area contributed by atoms with Crippen molar-refractivity contribution >= 4 is 0 Å². The van der Waals surface area contributed by atoms with Gasteiger partial charge in [-0.1, -0.05) is 69.5 Å². The van der Waals surface area contributed by atoms with Gasteiger partial charge in [0.1, 0.15) is 0 Å². The van der Waals surface area contributed by atoms with Gasteiger partial charge in [0.25, 0.3) is 0 Å². The van der Waals surface area contributed by atoms with E-state index in [4.69, 9.17) is 0 Å². The lowest BCUT2D eigenvalue weighted by atomic mass is 9.94. The van der Waals surface area contributed by atoms with Crippen molar-refractivity contribution in [1.29, 1.82) is 0 Å². The summed E-state index contributed by atoms with van der Waals surface area (Å²) >= 11 is 0. The average molecular weight is 268 g/mol. The molecule has 108 valence electrons. The molecule has 20 heavy (non-hydrogen) atoms. The number of rotatable bonds is 5. The van der Waals surface area contributed by atoms with E-state index in [1.54, 1.807) is 0 Å². The molecule has 0 saturated carbocycles. The minimum atomic E-state index is 0.878. The first-order chi connectivity index (χ1) is 9.60. The zero-order valence-corrected chi connectivity index (χ0v) is 13.7. The lowest BCUT2D eigenvalue weighted by Gasteiger charge is -2.11. The van der Waals surface area contributed by atoms with Crippen LogP contribution in [0, 0.1) is 6.92 Å². The fourth-order valence-electron chi connectivity index (χ4n) is 2.06. The Morgan fingerprint density at radius 3 is 2.30 bits per heavy atom. The van der Waals surface area contributed by atoms with Crippen LogP contribution in [0.15, 0.2) is 72.4 Å². The first kappa shape index (κ1) is 18.2. The van der Waals surface area contributed by atoms with Gasteiger partial charge in [-0.2, -0.15) is 0 Å². The second-order valence-corrected chi connectivity index (χ2v) is 4.51. The highest BCUT2D eigenvalue weighted by molar-refractivity contribution is 5.47. The van der Waals surface area contributed by atoms with Crippen molar-refractivity contribution < 1.29 is 0 Å². The maximum atomic E-state index is 4.20. The fraction of sp³-hybridized carbons (Fsp3) is 0.300. The summed E-state index contributed by atoms with van der Waals surface area (Å²) in [6.07, 6.45) is 6.92. The van der Waals surface area contributed by atoms with E-state index in [0.717, 1.165) is 17.6 Å². The molecule has 1 rings (SSSR count). The van der Waals surface area contributed by atoms with Crippen molar-refractivity contribution in [2.75, 3.05) is 0 Å². The number of allylic oxidation sites excluding steroid dienone is 6. The third-order valence-corrected chi connectivity index (χ3v) is 3.09. The van der Waals surface area contributed by atoms with Crippen molar-refractivity contribution in [3.05, 3.63) is 83.5 Å². The van der Waals surface area contributed by atoms with E-state index < -0.39 is 0 Å². The first-order valence-corrected chi connectivity index (χ1v) is 7.28. The zero-order chi connectivity index (χ0) is 15.5. The van der Waals surface area contributed by atoms with E-state index in [2.05, 4.69) is 57.3 Å². The summed E-state index contributed by atoms with van der Waals surface area (Å²) in [5.74, 6) is 0. The van der Waals surface area contributed by atoms with Crippen LogP contribution in [0.4, 0.5) is 0 Å². The molecular formula is C20H28. The second kappa shape index (κ2) is 10.0. The highest BCUT2D eigenvalue weighted by atomic mass is 14.1. The van der Waals surface area contributed by atoms with E-state index in [0.29, 0.717) is 0 Å². The Morgan fingerprint density at radius 1 is 1.20 bits per heavy atom. The summed E-state index contributed by atoms with van der Waals surface area (Å²) in [6, 6.07) is 8.44. The van der Waals surface area contributed by atoms with Gasteiger partial charge in [0.2, 0.25) is 0 Å². The molecule has 0 saturated heterocycles. The molecule has 0 aromatic heterocycles. The summed E-state index contributed by atoms with van der Waals surface area (Å²) < 4.78 is 0. The fourth-order valence-corrected chi connectivity index (χ4v) is 2.06. The average Bonchev–Trinajstić information content (AvgIpc) is 2.45. The predicted molar refractivity (Wildman–Crippen MR) is 93.1 cm³/mol. The molecular weight excluding hydrogens is 240 g/mol. The van der Waals surface area contributed by atoms with Crippen molar-refractivity contribution in [3.8, 4) is 0 Å². The smallest absolute Gasteiger partial charge is 0.00230 e. The maximum absolute atomic E-state index is 4.20. The highest BCUT2D eigenvalue weighted by Crippen LogP contribution is 2.21. The van der Waals surface area contributed by atoms with Crippen molar-refractivity contribution in [3.63, 3.8) is 0 Å². The van der Waals surface area contributed by atoms with Crippen LogP contribution in [-0.4, -0.2) is 0 Å². The summed E-state index contributed by atoms with van der Waals surface area (Å²) in [5.41, 5.74) is 6.12. The maximum Gasteiger partial charge on any atom is -0.00230 e. The van der Waals surface area contributed by atoms with Crippen molar-refractivity contribution in [1.82, 2.24) is 0 Å². The van der Waals surface area contributed by atoms with Gasteiger partial charge in [-0.3, -0.25) is 0 Å². The summed E-state index contributed by atoms with van der Waals surface area (Å²) in [6.45, 7) is 18.4. The van der Waals surface area contributed by atoms with Crippen molar-refractivity contribution in [2.24, 2.45) is 0 Å². The molecule has 0 radical (unpaired) electrons. The van der Waals surface area contributed by atoms with Crippen LogP contribution in [0.1, 0.15) is 38.8 Å². The summed E-state index contributed by atoms with van der Waals surface area (Å²) in [4.78, 5) is 0. The van der Waals surface area contributed by atoms with Crippen LogP contribution in [0.3, 0.4) is 0 Å². The lowest BCUT2D eigenvalue weighted by molar-refractivity contribution is 1.14. The zero-order valence-electron chi connectivity index (χ0n) is 13.7. The third kappa shape index (κ3) is 5.44. The molecule has 0 atom stereocenters. The standard InChI is InChI=1S/C18H22.C2H6/c1-6-10-15(4)18(7-2)16(5)13-17-12-9-8-11-14(17)3;1-2/h6-12H,2,5,13H2,1,3-4H3;1-2H3/b10-6-,18-15+;. The quantitative estimate of drug-likeness (QED) is 0.558. The number of aryl methyl sites for hydroxylation is 1. The van der Waals surface area contributed by atoms with Crippen LogP contribution in [0.5, 0.6) is 0 Å². The van der Waals surface area contributed by atoms with Gasteiger partial charge >= 0.3 is 0 Å². The number of hydrogen-bond donors (Lipinski definition) is 0. The summed E-state index contributed by atoms with van der Waals surface area (Å²) in [7, 11) is 0. The van der Waals surface area contributed by atoms with E-state index in [-0.39, 0.29) is 0 Å². The molecule has 0 bridgehead atoms. The third-order valence-electron chi connectivity index (χ3n) is 3.09. The topological polar surface area (TPSA) is 0 Å². The Balaban J connectivity index is 0.00000172. The molecule has 0 unspecified atom stereocenters. The largest absolute Gasteiger partial charge is 0.0985 e. The monoisotopic (exact) mass is 268 g/mol. The van der Waals surface area contributed by atoms with Gasteiger partial charge < -0.3 is 0 Å². The molecule has 0 aliphatic carbocycles. The Kier molecular flexibility index (Phi) is 9.11. The molecule has 1 aromatic carbocycles. The highest BCUT2D eigenvalue weighted by Gasteiger charge is 2.05. The molecule has 0 aliphatic heterocycles. The Bertz CT molecular complexity index is 499.